The van der Waals surface area contributed by atoms with Gasteiger partial charge in [-0.05, 0) is 88.2 Å². The minimum Gasteiger partial charge on any atom is -0.507 e. The third-order valence-corrected chi connectivity index (χ3v) is 6.46. The molecule has 0 aromatic heterocycles. The van der Waals surface area contributed by atoms with Crippen LogP contribution >= 0.6 is 0 Å². The Bertz CT molecular complexity index is 1460. The number of aryl methyl sites for hydroxylation is 1. The molecule has 1 atom stereocenters. The van der Waals surface area contributed by atoms with Crippen molar-refractivity contribution in [2.75, 3.05) is 11.7 Å². The zero-order chi connectivity index (χ0) is 27.8. The molecular formula is C31H31NO7. The Labute approximate surface area is 227 Å². The number of Topliss-reactive ketones (excluding diaryl/α,β-unsaturated/α-hetero) is 1. The van der Waals surface area contributed by atoms with Gasteiger partial charge in [0.05, 0.1) is 23.8 Å². The van der Waals surface area contributed by atoms with E-state index < -0.39 is 17.7 Å². The number of anilines is 1. The molecule has 3 aromatic rings. The summed E-state index contributed by atoms with van der Waals surface area (Å²) in [6.45, 7) is 9.67. The summed E-state index contributed by atoms with van der Waals surface area (Å²) in [6.07, 6.45) is -0.0289. The lowest BCUT2D eigenvalue weighted by Crippen LogP contribution is -2.29. The van der Waals surface area contributed by atoms with Crippen LogP contribution in [0.25, 0.3) is 5.76 Å². The lowest BCUT2D eigenvalue weighted by molar-refractivity contribution is -0.132. The second kappa shape index (κ2) is 10.4. The van der Waals surface area contributed by atoms with Crippen molar-refractivity contribution >= 4 is 23.1 Å². The second-order valence-corrected chi connectivity index (χ2v) is 10.1. The zero-order valence-electron chi connectivity index (χ0n) is 22.6. The SMILES string of the molecule is Cc1cc(/C(O)=C2\C(=O)C(=O)N(c3ccc4c(c3)OCO4)C2c2ccc(OC(C)C)cc2)ccc1OC(C)C. The van der Waals surface area contributed by atoms with Gasteiger partial charge in [-0.15, -0.1) is 0 Å². The maximum Gasteiger partial charge on any atom is 0.300 e. The summed E-state index contributed by atoms with van der Waals surface area (Å²) in [6, 6.07) is 16.5. The van der Waals surface area contributed by atoms with Gasteiger partial charge in [-0.1, -0.05) is 12.1 Å². The van der Waals surface area contributed by atoms with E-state index in [1.807, 2.05) is 34.6 Å². The standard InChI is InChI=1S/C31H31NO7/c1-17(2)38-23-10-6-20(7-11-23)28-27(29(33)21-8-12-24(19(5)14-21)39-18(3)4)30(34)31(35)32(28)22-9-13-25-26(15-22)37-16-36-25/h6-15,17-18,28,33H,16H2,1-5H3/b29-27+. The summed E-state index contributed by atoms with van der Waals surface area (Å²) < 4.78 is 22.5. The van der Waals surface area contributed by atoms with Gasteiger partial charge < -0.3 is 24.1 Å². The number of carbonyl (C=O) groups excluding carboxylic acids is 2. The smallest absolute Gasteiger partial charge is 0.300 e. The number of aliphatic hydroxyl groups excluding tert-OH is 1. The number of carbonyl (C=O) groups is 2. The first-order chi connectivity index (χ1) is 18.6. The Morgan fingerprint density at radius 1 is 0.897 bits per heavy atom. The third-order valence-electron chi connectivity index (χ3n) is 6.46. The molecule has 8 heteroatoms. The fraction of sp³-hybridized carbons (Fsp3) is 0.290. The first-order valence-corrected chi connectivity index (χ1v) is 12.9. The van der Waals surface area contributed by atoms with Crippen molar-refractivity contribution in [2.45, 2.75) is 52.9 Å². The normalized spacial score (nSPS) is 17.8. The van der Waals surface area contributed by atoms with Crippen LogP contribution in [0.15, 0.2) is 66.2 Å². The molecule has 1 saturated heterocycles. The van der Waals surface area contributed by atoms with E-state index in [1.165, 1.54) is 4.90 Å². The number of ether oxygens (including phenoxy) is 4. The number of fused-ring (bicyclic) bond motifs is 1. The number of benzene rings is 3. The molecule has 5 rings (SSSR count). The summed E-state index contributed by atoms with van der Waals surface area (Å²) in [5, 5.41) is 11.5. The van der Waals surface area contributed by atoms with Crippen molar-refractivity contribution in [3.8, 4) is 23.0 Å². The summed E-state index contributed by atoms with van der Waals surface area (Å²) >= 11 is 0. The van der Waals surface area contributed by atoms with Crippen LogP contribution in [-0.2, 0) is 9.59 Å². The molecule has 0 aliphatic carbocycles. The summed E-state index contributed by atoms with van der Waals surface area (Å²) in [5.74, 6) is 0.580. The van der Waals surface area contributed by atoms with Crippen LogP contribution in [0.1, 0.15) is 50.4 Å². The number of aliphatic hydroxyl groups is 1. The Kier molecular flexibility index (Phi) is 6.95. The molecule has 1 fully saturated rings. The number of ketones is 1. The van der Waals surface area contributed by atoms with Gasteiger partial charge in [-0.2, -0.15) is 0 Å². The third kappa shape index (κ3) is 5.02. The number of nitrogens with zero attached hydrogens (tertiary/aromatic N) is 1. The number of hydrogen-bond acceptors (Lipinski definition) is 7. The van der Waals surface area contributed by atoms with Gasteiger partial charge in [-0.25, -0.2) is 0 Å². The molecule has 8 nitrogen and oxygen atoms in total. The van der Waals surface area contributed by atoms with Crippen molar-refractivity contribution < 1.29 is 33.6 Å². The highest BCUT2D eigenvalue weighted by Crippen LogP contribution is 2.45. The highest BCUT2D eigenvalue weighted by molar-refractivity contribution is 6.51. The lowest BCUT2D eigenvalue weighted by atomic mass is 9.94. The first kappa shape index (κ1) is 26.2. The molecule has 1 unspecified atom stereocenters. The van der Waals surface area contributed by atoms with Crippen LogP contribution < -0.4 is 23.8 Å². The molecule has 1 amide bonds. The Morgan fingerprint density at radius 3 is 2.26 bits per heavy atom. The van der Waals surface area contributed by atoms with Crippen LogP contribution in [-0.4, -0.2) is 35.8 Å². The number of hydrogen-bond donors (Lipinski definition) is 1. The van der Waals surface area contributed by atoms with Gasteiger partial charge in [0.25, 0.3) is 11.7 Å². The minimum atomic E-state index is -0.884. The predicted octanol–water partition coefficient (Wildman–Crippen LogP) is 5.92. The molecule has 0 bridgehead atoms. The molecular weight excluding hydrogens is 498 g/mol. The fourth-order valence-electron chi connectivity index (χ4n) is 4.79. The van der Waals surface area contributed by atoms with Crippen LogP contribution in [0.2, 0.25) is 0 Å². The van der Waals surface area contributed by atoms with Gasteiger partial charge in [-0.3, -0.25) is 14.5 Å². The van der Waals surface area contributed by atoms with E-state index in [-0.39, 0.29) is 30.3 Å². The van der Waals surface area contributed by atoms with Crippen molar-refractivity contribution in [3.05, 3.63) is 82.9 Å². The van der Waals surface area contributed by atoms with Gasteiger partial charge >= 0.3 is 0 Å². The monoisotopic (exact) mass is 529 g/mol. The number of amides is 1. The van der Waals surface area contributed by atoms with E-state index in [0.29, 0.717) is 39.8 Å². The maximum absolute atomic E-state index is 13.5. The van der Waals surface area contributed by atoms with E-state index in [0.717, 1.165) is 5.56 Å². The number of rotatable bonds is 7. The average molecular weight is 530 g/mol. The molecule has 0 spiro atoms. The highest BCUT2D eigenvalue weighted by atomic mass is 16.7. The van der Waals surface area contributed by atoms with Gasteiger partial charge in [0, 0.05) is 17.3 Å². The van der Waals surface area contributed by atoms with Gasteiger partial charge in [0.2, 0.25) is 6.79 Å². The van der Waals surface area contributed by atoms with Crippen molar-refractivity contribution in [2.24, 2.45) is 0 Å². The largest absolute Gasteiger partial charge is 0.507 e. The van der Waals surface area contributed by atoms with Crippen molar-refractivity contribution in [1.82, 2.24) is 0 Å². The Morgan fingerprint density at radius 2 is 1.59 bits per heavy atom. The fourth-order valence-corrected chi connectivity index (χ4v) is 4.79. The van der Waals surface area contributed by atoms with Crippen LogP contribution in [0.5, 0.6) is 23.0 Å². The molecule has 39 heavy (non-hydrogen) atoms. The van der Waals surface area contributed by atoms with Crippen LogP contribution in [0, 0.1) is 6.92 Å². The van der Waals surface area contributed by atoms with Gasteiger partial charge in [0.1, 0.15) is 17.3 Å². The maximum atomic E-state index is 13.5. The molecule has 202 valence electrons. The van der Waals surface area contributed by atoms with Crippen LogP contribution in [0.3, 0.4) is 0 Å². The van der Waals surface area contributed by atoms with E-state index in [4.69, 9.17) is 18.9 Å². The lowest BCUT2D eigenvalue weighted by Gasteiger charge is -2.26. The summed E-state index contributed by atoms with van der Waals surface area (Å²) in [7, 11) is 0. The topological polar surface area (TPSA) is 94.5 Å². The summed E-state index contributed by atoms with van der Waals surface area (Å²) in [5.41, 5.74) is 2.29. The molecule has 1 N–H and O–H groups in total. The molecule has 2 aliphatic heterocycles. The predicted molar refractivity (Wildman–Crippen MR) is 146 cm³/mol. The molecule has 2 aliphatic rings. The quantitative estimate of drug-likeness (QED) is 0.230. The van der Waals surface area contributed by atoms with E-state index in [9.17, 15) is 14.7 Å². The van der Waals surface area contributed by atoms with E-state index in [2.05, 4.69) is 0 Å². The minimum absolute atomic E-state index is 0.00729. The molecule has 3 aromatic carbocycles. The molecule has 0 saturated carbocycles. The van der Waals surface area contributed by atoms with E-state index in [1.54, 1.807) is 60.7 Å². The zero-order valence-corrected chi connectivity index (χ0v) is 22.6. The second-order valence-electron chi connectivity index (χ2n) is 10.1. The van der Waals surface area contributed by atoms with E-state index >= 15 is 0 Å². The Balaban J connectivity index is 1.64. The van der Waals surface area contributed by atoms with Crippen molar-refractivity contribution in [1.29, 1.82) is 0 Å². The van der Waals surface area contributed by atoms with Gasteiger partial charge in [0.15, 0.2) is 11.5 Å². The molecule has 2 heterocycles. The van der Waals surface area contributed by atoms with Crippen LogP contribution in [0.4, 0.5) is 5.69 Å². The Hall–Kier alpha value is -4.46. The first-order valence-electron chi connectivity index (χ1n) is 12.9. The highest BCUT2D eigenvalue weighted by Gasteiger charge is 2.47. The van der Waals surface area contributed by atoms with Crippen molar-refractivity contribution in [3.63, 3.8) is 0 Å². The summed E-state index contributed by atoms with van der Waals surface area (Å²) in [4.78, 5) is 28.4. The average Bonchev–Trinajstić information content (AvgIpc) is 3.46. The molecule has 0 radical (unpaired) electrons.